The number of amides is 1. The molecule has 0 aliphatic carbocycles. The Balaban J connectivity index is 1.61. The van der Waals surface area contributed by atoms with Crippen molar-refractivity contribution in [1.29, 1.82) is 0 Å². The fourth-order valence-corrected chi connectivity index (χ4v) is 6.10. The van der Waals surface area contributed by atoms with Gasteiger partial charge in [-0.3, -0.25) is 9.10 Å². The first-order chi connectivity index (χ1) is 16.3. The van der Waals surface area contributed by atoms with E-state index < -0.39 is 21.5 Å². The van der Waals surface area contributed by atoms with Gasteiger partial charge in [-0.05, 0) is 35.6 Å². The zero-order valence-electron chi connectivity index (χ0n) is 19.2. The molecule has 1 aliphatic heterocycles. The number of benzene rings is 3. The zero-order chi connectivity index (χ0) is 24.2. The molecule has 34 heavy (non-hydrogen) atoms. The summed E-state index contributed by atoms with van der Waals surface area (Å²) in [5.41, 5.74) is 2.14. The topological polar surface area (TPSA) is 86.7 Å². The van der Waals surface area contributed by atoms with E-state index in [1.807, 2.05) is 79.7 Å². The molecule has 2 N–H and O–H groups in total. The van der Waals surface area contributed by atoms with E-state index in [4.69, 9.17) is 0 Å². The summed E-state index contributed by atoms with van der Waals surface area (Å²) in [6.07, 6.45) is 0.758. The second-order valence-electron chi connectivity index (χ2n) is 9.05. The Bertz CT molecular complexity index is 1230. The number of aliphatic hydroxyl groups excluding tert-OH is 1. The lowest BCUT2D eigenvalue weighted by atomic mass is 9.80. The molecule has 7 heteroatoms. The average molecular weight is 479 g/mol. The summed E-state index contributed by atoms with van der Waals surface area (Å²) in [5.74, 6) is -0.307. The second-order valence-corrected chi connectivity index (χ2v) is 10.9. The summed E-state index contributed by atoms with van der Waals surface area (Å²) < 4.78 is 28.4. The summed E-state index contributed by atoms with van der Waals surface area (Å²) in [7, 11) is -3.66. The predicted octanol–water partition coefficient (Wildman–Crippen LogP) is 3.83. The third-order valence-corrected chi connectivity index (χ3v) is 8.22. The molecule has 1 unspecified atom stereocenters. The quantitative estimate of drug-likeness (QED) is 0.540. The highest BCUT2D eigenvalue weighted by Gasteiger charge is 2.40. The number of hydrogen-bond acceptors (Lipinski definition) is 4. The summed E-state index contributed by atoms with van der Waals surface area (Å²) in [6, 6.07) is 25.3. The minimum Gasteiger partial charge on any atom is -0.394 e. The second kappa shape index (κ2) is 9.99. The van der Waals surface area contributed by atoms with Crippen LogP contribution in [0.2, 0.25) is 0 Å². The Kier molecular flexibility index (Phi) is 7.05. The molecule has 2 atom stereocenters. The predicted molar refractivity (Wildman–Crippen MR) is 134 cm³/mol. The van der Waals surface area contributed by atoms with E-state index in [0.717, 1.165) is 16.7 Å². The van der Waals surface area contributed by atoms with Gasteiger partial charge in [0.05, 0.1) is 29.5 Å². The molecule has 6 nitrogen and oxygen atoms in total. The van der Waals surface area contributed by atoms with Gasteiger partial charge in [-0.25, -0.2) is 8.42 Å². The van der Waals surface area contributed by atoms with Gasteiger partial charge in [0, 0.05) is 6.54 Å². The van der Waals surface area contributed by atoms with Gasteiger partial charge >= 0.3 is 0 Å². The summed E-state index contributed by atoms with van der Waals surface area (Å²) in [5, 5.41) is 12.9. The highest BCUT2D eigenvalue weighted by Crippen LogP contribution is 2.38. The van der Waals surface area contributed by atoms with Crippen LogP contribution >= 0.6 is 0 Å². The smallest absolute Gasteiger partial charge is 0.239 e. The molecular formula is C27H30N2O4S. The summed E-state index contributed by atoms with van der Waals surface area (Å²) >= 11 is 0. The molecule has 0 fully saturated rings. The van der Waals surface area contributed by atoms with E-state index in [9.17, 15) is 18.3 Å². The lowest BCUT2D eigenvalue weighted by Crippen LogP contribution is -2.44. The Morgan fingerprint density at radius 1 is 1.00 bits per heavy atom. The van der Waals surface area contributed by atoms with Crippen molar-refractivity contribution < 1.29 is 18.3 Å². The first-order valence-corrected chi connectivity index (χ1v) is 13.0. The molecule has 1 heterocycles. The highest BCUT2D eigenvalue weighted by atomic mass is 32.2. The maximum absolute atomic E-state index is 13.5. The van der Waals surface area contributed by atoms with Crippen molar-refractivity contribution >= 4 is 21.6 Å². The van der Waals surface area contributed by atoms with Gasteiger partial charge in [-0.15, -0.1) is 0 Å². The van der Waals surface area contributed by atoms with Gasteiger partial charge < -0.3 is 10.4 Å². The van der Waals surface area contributed by atoms with E-state index in [1.165, 1.54) is 4.31 Å². The lowest BCUT2D eigenvalue weighted by Gasteiger charge is -2.30. The van der Waals surface area contributed by atoms with Crippen molar-refractivity contribution in [1.82, 2.24) is 5.32 Å². The molecule has 4 rings (SSSR count). The highest BCUT2D eigenvalue weighted by molar-refractivity contribution is 7.92. The third kappa shape index (κ3) is 5.16. The summed E-state index contributed by atoms with van der Waals surface area (Å²) in [4.78, 5) is 13.5. The Labute approximate surface area is 201 Å². The van der Waals surface area contributed by atoms with E-state index in [1.54, 1.807) is 12.1 Å². The number of anilines is 1. The van der Waals surface area contributed by atoms with Crippen LogP contribution in [0.5, 0.6) is 0 Å². The van der Waals surface area contributed by atoms with Crippen molar-refractivity contribution in [3.8, 4) is 0 Å². The normalized spacial score (nSPS) is 19.1. The van der Waals surface area contributed by atoms with Gasteiger partial charge in [0.1, 0.15) is 0 Å². The van der Waals surface area contributed by atoms with Crippen LogP contribution in [0.4, 0.5) is 5.69 Å². The van der Waals surface area contributed by atoms with Crippen LogP contribution in [0.25, 0.3) is 0 Å². The van der Waals surface area contributed by atoms with Gasteiger partial charge in [-0.1, -0.05) is 85.8 Å². The van der Waals surface area contributed by atoms with Crippen LogP contribution in [0.1, 0.15) is 36.1 Å². The van der Waals surface area contributed by atoms with E-state index in [2.05, 4.69) is 5.32 Å². The van der Waals surface area contributed by atoms with Crippen molar-refractivity contribution in [3.63, 3.8) is 0 Å². The van der Waals surface area contributed by atoms with E-state index in [0.29, 0.717) is 18.5 Å². The maximum atomic E-state index is 13.5. The van der Waals surface area contributed by atoms with Crippen LogP contribution in [-0.2, 0) is 27.0 Å². The molecule has 1 amide bonds. The third-order valence-electron chi connectivity index (χ3n) is 6.47. The molecule has 3 aromatic carbocycles. The van der Waals surface area contributed by atoms with E-state index >= 15 is 0 Å². The van der Waals surface area contributed by atoms with Crippen LogP contribution in [0.3, 0.4) is 0 Å². The average Bonchev–Trinajstić information content (AvgIpc) is 3.00. The van der Waals surface area contributed by atoms with Crippen molar-refractivity contribution in [2.45, 2.75) is 31.6 Å². The number of fused-ring (bicyclic) bond motifs is 1. The van der Waals surface area contributed by atoms with Gasteiger partial charge in [0.2, 0.25) is 15.9 Å². The van der Waals surface area contributed by atoms with Crippen LogP contribution < -0.4 is 9.62 Å². The number of nitrogens with zero attached hydrogens (tertiary/aromatic N) is 1. The number of carbonyl (C=O) groups excluding carboxylic acids is 1. The molecule has 0 radical (unpaired) electrons. The minimum atomic E-state index is -3.66. The number of para-hydroxylation sites is 1. The van der Waals surface area contributed by atoms with E-state index in [-0.39, 0.29) is 24.8 Å². The Morgan fingerprint density at radius 3 is 2.29 bits per heavy atom. The molecule has 0 saturated heterocycles. The SMILES string of the molecule is CC1(C(=O)N[C@@H](CO)c2ccccc2)CCN(S(=O)(=O)Cc2ccccc2)c2ccccc2C1. The molecule has 1 aliphatic rings. The van der Waals surface area contributed by atoms with Gasteiger partial charge in [-0.2, -0.15) is 0 Å². The largest absolute Gasteiger partial charge is 0.394 e. The fourth-order valence-electron chi connectivity index (χ4n) is 4.48. The Morgan fingerprint density at radius 2 is 1.62 bits per heavy atom. The van der Waals surface area contributed by atoms with Crippen molar-refractivity contribution in [2.24, 2.45) is 5.41 Å². The van der Waals surface area contributed by atoms with Gasteiger partial charge in [0.25, 0.3) is 0 Å². The van der Waals surface area contributed by atoms with Crippen LogP contribution in [0.15, 0.2) is 84.9 Å². The minimum absolute atomic E-state index is 0.105. The number of nitrogens with one attached hydrogen (secondary N) is 1. The molecule has 0 aromatic heterocycles. The molecule has 0 spiro atoms. The standard InChI is InChI=1S/C27H30N2O4S/c1-27(26(31)28-24(19-30)22-12-6-3-7-13-22)16-17-29(25-15-9-8-14-23(25)18-27)34(32,33)20-21-10-4-2-5-11-21/h2-15,24,30H,16-20H2,1H3,(H,28,31)/t24-,27?/m0/s1. The molecule has 3 aromatic rings. The fraction of sp³-hybridized carbons (Fsp3) is 0.296. The molecule has 178 valence electrons. The number of carbonyl (C=O) groups is 1. The Hall–Kier alpha value is -3.16. The first-order valence-electron chi connectivity index (χ1n) is 11.4. The molecule has 0 bridgehead atoms. The van der Waals surface area contributed by atoms with Crippen LogP contribution in [0, 0.1) is 5.41 Å². The molecule has 0 saturated carbocycles. The lowest BCUT2D eigenvalue weighted by molar-refractivity contribution is -0.131. The number of rotatable bonds is 7. The number of aliphatic hydroxyl groups is 1. The number of sulfonamides is 1. The zero-order valence-corrected chi connectivity index (χ0v) is 20.0. The van der Waals surface area contributed by atoms with Gasteiger partial charge in [0.15, 0.2) is 0 Å². The summed E-state index contributed by atoms with van der Waals surface area (Å²) in [6.45, 7) is 1.84. The monoisotopic (exact) mass is 478 g/mol. The van der Waals surface area contributed by atoms with Crippen molar-refractivity contribution in [2.75, 3.05) is 17.5 Å². The molecular weight excluding hydrogens is 448 g/mol. The first kappa shape index (κ1) is 24.0. The van der Waals surface area contributed by atoms with Crippen molar-refractivity contribution in [3.05, 3.63) is 102 Å². The maximum Gasteiger partial charge on any atom is 0.239 e. The number of hydrogen-bond donors (Lipinski definition) is 2. The van der Waals surface area contributed by atoms with Crippen LogP contribution in [-0.4, -0.2) is 32.6 Å².